The minimum Gasteiger partial charge on any atom is -0.481 e. The zero-order valence-electron chi connectivity index (χ0n) is 30.0. The molecule has 0 aliphatic rings. The van der Waals surface area contributed by atoms with Crippen molar-refractivity contribution >= 4 is 32.7 Å². The maximum Gasteiger partial charge on any atom is 0.510 e. The highest BCUT2D eigenvalue weighted by molar-refractivity contribution is 7.39. The van der Waals surface area contributed by atoms with Crippen LogP contribution in [-0.4, -0.2) is 48.0 Å². The molecule has 0 saturated carbocycles. The van der Waals surface area contributed by atoms with Gasteiger partial charge in [-0.25, -0.2) is 4.39 Å². The zero-order chi connectivity index (χ0) is 36.6. The first kappa shape index (κ1) is 38.0. The van der Waals surface area contributed by atoms with Crippen molar-refractivity contribution in [2.24, 2.45) is 0 Å². The highest BCUT2D eigenvalue weighted by atomic mass is 31.1. The normalized spacial score (nSPS) is 13.0. The van der Waals surface area contributed by atoms with Crippen LogP contribution >= 0.6 is 8.03 Å². The number of carboxylic acids is 1. The number of aliphatic carboxylic acids is 1. The van der Waals surface area contributed by atoms with E-state index >= 15 is 0 Å². The molecular formula is C41H47FN2O5PSi+. The van der Waals surface area contributed by atoms with Crippen LogP contribution in [0.25, 0.3) is 22.4 Å². The molecule has 1 heterocycles. The molecule has 2 unspecified atom stereocenters. The minimum absolute atomic E-state index is 0.0466. The lowest BCUT2D eigenvalue weighted by atomic mass is 9.97. The Morgan fingerprint density at radius 3 is 1.92 bits per heavy atom. The monoisotopic (exact) mass is 725 g/mol. The molecule has 0 bridgehead atoms. The summed E-state index contributed by atoms with van der Waals surface area (Å²) in [4.78, 5) is 12.1. The van der Waals surface area contributed by atoms with Crippen LogP contribution in [0.3, 0.4) is 0 Å². The van der Waals surface area contributed by atoms with Gasteiger partial charge in [-0.15, -0.1) is 4.52 Å². The van der Waals surface area contributed by atoms with Gasteiger partial charge in [0, 0.05) is 22.9 Å². The number of nitrogens with zero attached hydrogens (tertiary/aromatic N) is 2. The molecule has 1 N–H and O–H groups in total. The maximum atomic E-state index is 14.0. The average Bonchev–Trinajstić information content (AvgIpc) is 3.49. The predicted molar refractivity (Wildman–Crippen MR) is 205 cm³/mol. The number of rotatable bonds is 16. The molecule has 0 fully saturated rings. The van der Waals surface area contributed by atoms with E-state index < -0.39 is 28.4 Å². The summed E-state index contributed by atoms with van der Waals surface area (Å²) in [6.45, 7) is 10.7. The number of aromatic nitrogens is 2. The Morgan fingerprint density at radius 2 is 1.41 bits per heavy atom. The topological polar surface area (TPSA) is 90.7 Å². The largest absolute Gasteiger partial charge is 0.510 e. The molecule has 1 aromatic heterocycles. The van der Waals surface area contributed by atoms with Crippen molar-refractivity contribution in [1.29, 1.82) is 0 Å². The Bertz CT molecular complexity index is 1860. The predicted octanol–water partition coefficient (Wildman–Crippen LogP) is 9.05. The maximum absolute atomic E-state index is 14.0. The molecule has 51 heavy (non-hydrogen) atoms. The second-order valence-electron chi connectivity index (χ2n) is 14.0. The Balaban J connectivity index is 1.36. The van der Waals surface area contributed by atoms with E-state index in [0.29, 0.717) is 12.8 Å². The van der Waals surface area contributed by atoms with Crippen molar-refractivity contribution < 1.29 is 27.8 Å². The number of carboxylic acid groups (broad SMARTS) is 1. The van der Waals surface area contributed by atoms with E-state index in [2.05, 4.69) is 34.6 Å². The van der Waals surface area contributed by atoms with Crippen molar-refractivity contribution in [2.75, 3.05) is 12.8 Å². The molecule has 0 aliphatic carbocycles. The Morgan fingerprint density at radius 1 is 0.863 bits per heavy atom. The average molecular weight is 726 g/mol. The van der Waals surface area contributed by atoms with Crippen LogP contribution in [0.5, 0.6) is 0 Å². The molecule has 7 nitrogen and oxygen atoms in total. The standard InChI is InChI=1S/C41H46FN2O5PSi/c1-30(2)44-37(39(31-23-25-33(42)26-24-31)40(43-44)32-16-9-6-10-17-32)22-15-27-48-50(47)29-34(28-38(45)46)49-51(41(3,4)5,35-18-11-7-12-19-35)36-20-13-8-14-21-36/h6-14,16-21,23-26,30,34H,15,22,27-29H2,1-5H3/p+1. The second kappa shape index (κ2) is 16.8. The van der Waals surface area contributed by atoms with Gasteiger partial charge in [0.15, 0.2) is 0 Å². The van der Waals surface area contributed by atoms with Crippen molar-refractivity contribution in [3.05, 3.63) is 127 Å². The Kier molecular flexibility index (Phi) is 12.5. The van der Waals surface area contributed by atoms with Crippen LogP contribution in [0.2, 0.25) is 5.04 Å². The van der Waals surface area contributed by atoms with E-state index in [4.69, 9.17) is 14.0 Å². The molecule has 0 radical (unpaired) electrons. The molecule has 5 rings (SSSR count). The SMILES string of the molecule is CC(C)n1nc(-c2ccccc2)c(-c2ccc(F)cc2)c1CCCO[P+](=O)CC(CC(=O)O)O[Si](c1ccccc1)(c1ccccc1)C(C)(C)C. The second-order valence-corrected chi connectivity index (χ2v) is 19.6. The van der Waals surface area contributed by atoms with Crippen LogP contribution in [-0.2, 0) is 24.7 Å². The third-order valence-electron chi connectivity index (χ3n) is 8.99. The Hall–Kier alpha value is -4.27. The van der Waals surface area contributed by atoms with Crippen molar-refractivity contribution in [3.8, 4) is 22.4 Å². The number of carbonyl (C=O) groups is 1. The van der Waals surface area contributed by atoms with Gasteiger partial charge >= 0.3 is 14.0 Å². The quantitative estimate of drug-likeness (QED) is 0.0621. The minimum atomic E-state index is -3.09. The van der Waals surface area contributed by atoms with Gasteiger partial charge in [-0.05, 0) is 64.4 Å². The first-order valence-electron chi connectivity index (χ1n) is 17.4. The summed E-state index contributed by atoms with van der Waals surface area (Å²) in [5, 5.41) is 16.6. The molecule has 0 amide bonds. The molecule has 0 spiro atoms. The number of halogens is 1. The summed E-state index contributed by atoms with van der Waals surface area (Å²) in [7, 11) is -5.34. The third kappa shape index (κ3) is 8.97. The van der Waals surface area contributed by atoms with E-state index in [-0.39, 0.29) is 36.1 Å². The summed E-state index contributed by atoms with van der Waals surface area (Å²) < 4.78 is 42.5. The van der Waals surface area contributed by atoms with Gasteiger partial charge in [0.2, 0.25) is 6.16 Å². The molecule has 0 saturated heterocycles. The summed E-state index contributed by atoms with van der Waals surface area (Å²) in [5.41, 5.74) is 4.55. The van der Waals surface area contributed by atoms with Crippen molar-refractivity contribution in [1.82, 2.24) is 9.78 Å². The number of benzene rings is 4. The Labute approximate surface area is 302 Å². The zero-order valence-corrected chi connectivity index (χ0v) is 31.9. The van der Waals surface area contributed by atoms with E-state index in [1.807, 2.05) is 95.7 Å². The van der Waals surface area contributed by atoms with Crippen LogP contribution in [0.1, 0.15) is 59.2 Å². The molecule has 10 heteroatoms. The van der Waals surface area contributed by atoms with Gasteiger partial charge in [0.1, 0.15) is 24.2 Å². The lowest BCUT2D eigenvalue weighted by Gasteiger charge is -2.44. The van der Waals surface area contributed by atoms with Crippen LogP contribution in [0, 0.1) is 5.82 Å². The van der Waals surface area contributed by atoms with Crippen molar-refractivity contribution in [3.63, 3.8) is 0 Å². The summed E-state index contributed by atoms with van der Waals surface area (Å²) >= 11 is 0. The van der Waals surface area contributed by atoms with E-state index in [1.165, 1.54) is 12.1 Å². The molecule has 0 aliphatic heterocycles. The van der Waals surface area contributed by atoms with Crippen LogP contribution in [0.15, 0.2) is 115 Å². The van der Waals surface area contributed by atoms with Crippen molar-refractivity contribution in [2.45, 2.75) is 71.1 Å². The van der Waals surface area contributed by atoms with Gasteiger partial charge in [-0.2, -0.15) is 5.10 Å². The molecule has 2 atom stereocenters. The fraction of sp³-hybridized carbons (Fsp3) is 0.317. The van der Waals surface area contributed by atoms with Crippen LogP contribution < -0.4 is 10.4 Å². The summed E-state index contributed by atoms with van der Waals surface area (Å²) in [6.07, 6.45) is -0.0641. The molecular weight excluding hydrogens is 679 g/mol. The fourth-order valence-electron chi connectivity index (χ4n) is 6.76. The smallest absolute Gasteiger partial charge is 0.481 e. The van der Waals surface area contributed by atoms with Gasteiger partial charge in [-0.1, -0.05) is 124 Å². The molecule has 5 aromatic rings. The number of hydrogen-bond donors (Lipinski definition) is 1. The first-order chi connectivity index (χ1) is 24.4. The summed E-state index contributed by atoms with van der Waals surface area (Å²) in [6, 6.07) is 36.4. The van der Waals surface area contributed by atoms with Gasteiger partial charge < -0.3 is 9.53 Å². The van der Waals surface area contributed by atoms with Gasteiger partial charge in [0.25, 0.3) is 8.32 Å². The van der Waals surface area contributed by atoms with Crippen LogP contribution in [0.4, 0.5) is 4.39 Å². The van der Waals surface area contributed by atoms with Gasteiger partial charge in [0.05, 0.1) is 6.42 Å². The highest BCUT2D eigenvalue weighted by Gasteiger charge is 2.52. The van der Waals surface area contributed by atoms with E-state index in [0.717, 1.165) is 38.5 Å². The summed E-state index contributed by atoms with van der Waals surface area (Å²) in [5.74, 6) is -1.33. The fourth-order valence-corrected chi connectivity index (χ4v) is 12.6. The lowest BCUT2D eigenvalue weighted by molar-refractivity contribution is -0.138. The highest BCUT2D eigenvalue weighted by Crippen LogP contribution is 2.40. The van der Waals surface area contributed by atoms with E-state index in [1.54, 1.807) is 12.1 Å². The molecule has 4 aromatic carbocycles. The number of hydrogen-bond acceptors (Lipinski definition) is 5. The van der Waals surface area contributed by atoms with Gasteiger partial charge in [-0.3, -0.25) is 9.48 Å². The molecule has 266 valence electrons. The van der Waals surface area contributed by atoms with E-state index in [9.17, 15) is 18.9 Å². The third-order valence-corrected chi connectivity index (χ3v) is 15.3. The first-order valence-corrected chi connectivity index (χ1v) is 20.7. The lowest BCUT2D eigenvalue weighted by Crippen LogP contribution is -2.68.